The number of hydrogen-bond donors (Lipinski definition) is 2. The average molecular weight is 174 g/mol. The fraction of sp³-hybridized carbons (Fsp3) is 0.667. The highest BCUT2D eigenvalue weighted by Crippen LogP contribution is 2.59. The zero-order valence-corrected chi connectivity index (χ0v) is 6.22. The maximum Gasteiger partial charge on any atom is 0.263 e. The second kappa shape index (κ2) is 2.01. The monoisotopic (exact) mass is 174 g/mol. The summed E-state index contributed by atoms with van der Waals surface area (Å²) in [5.41, 5.74) is 3.99. The molecule has 0 spiro atoms. The molecule has 0 amide bonds. The maximum absolute atomic E-state index is 12.8. The second-order valence-electron chi connectivity index (χ2n) is 3.00. The van der Waals surface area contributed by atoms with Crippen molar-refractivity contribution in [3.63, 3.8) is 0 Å². The molecule has 1 aromatic rings. The average Bonchev–Trinajstić information content (AvgIpc) is 2.52. The normalized spacial score (nSPS) is 31.9. The Labute approximate surface area is 67.2 Å². The molecule has 66 valence electrons. The molecule has 3 N–H and O–H groups in total. The first-order valence-corrected chi connectivity index (χ1v) is 3.56. The standard InChI is InChI=1S/C6H8F2N4/c7-6(8)1-5(6,2-9)4-10-3-11-12-4/h3H,1-2,9H2,(H,10,11,12). The van der Waals surface area contributed by atoms with Gasteiger partial charge in [-0.3, -0.25) is 5.10 Å². The Morgan fingerprint density at radius 3 is 2.67 bits per heavy atom. The van der Waals surface area contributed by atoms with Crippen LogP contribution in [-0.2, 0) is 5.41 Å². The van der Waals surface area contributed by atoms with Crippen molar-refractivity contribution in [1.82, 2.24) is 15.2 Å². The van der Waals surface area contributed by atoms with Gasteiger partial charge in [-0.15, -0.1) is 0 Å². The number of rotatable bonds is 2. The summed E-state index contributed by atoms with van der Waals surface area (Å²) in [6.07, 6.45) is 0.979. The van der Waals surface area contributed by atoms with E-state index >= 15 is 0 Å². The molecule has 1 aliphatic rings. The molecule has 1 fully saturated rings. The molecule has 0 radical (unpaired) electrons. The van der Waals surface area contributed by atoms with Crippen molar-refractivity contribution in [3.05, 3.63) is 12.2 Å². The first-order valence-electron chi connectivity index (χ1n) is 3.56. The van der Waals surface area contributed by atoms with Gasteiger partial charge in [0.15, 0.2) is 0 Å². The van der Waals surface area contributed by atoms with Crippen LogP contribution in [0.1, 0.15) is 12.2 Å². The van der Waals surface area contributed by atoms with Gasteiger partial charge in [0.1, 0.15) is 17.6 Å². The summed E-state index contributed by atoms with van der Waals surface area (Å²) in [7, 11) is 0. The van der Waals surface area contributed by atoms with Crippen LogP contribution in [-0.4, -0.2) is 27.6 Å². The van der Waals surface area contributed by atoms with E-state index in [-0.39, 0.29) is 18.8 Å². The first-order chi connectivity index (χ1) is 5.62. The lowest BCUT2D eigenvalue weighted by molar-refractivity contribution is 0.0876. The number of halogens is 2. The fourth-order valence-corrected chi connectivity index (χ4v) is 1.35. The van der Waals surface area contributed by atoms with Gasteiger partial charge in [-0.25, -0.2) is 13.8 Å². The Hall–Kier alpha value is -1.04. The summed E-state index contributed by atoms with van der Waals surface area (Å²) in [6.45, 7) is -0.102. The lowest BCUT2D eigenvalue weighted by Crippen LogP contribution is -2.28. The SMILES string of the molecule is NCC1(c2ncn[nH]2)CC1(F)F. The molecule has 1 saturated carbocycles. The van der Waals surface area contributed by atoms with E-state index in [1.807, 2.05) is 0 Å². The third kappa shape index (κ3) is 0.726. The van der Waals surface area contributed by atoms with Gasteiger partial charge in [0.25, 0.3) is 5.92 Å². The number of aromatic nitrogens is 3. The zero-order valence-electron chi connectivity index (χ0n) is 6.22. The van der Waals surface area contributed by atoms with E-state index in [9.17, 15) is 8.78 Å². The summed E-state index contributed by atoms with van der Waals surface area (Å²) in [6, 6.07) is 0. The molecule has 0 saturated heterocycles. The number of nitrogens with zero attached hydrogens (tertiary/aromatic N) is 2. The molecular weight excluding hydrogens is 166 g/mol. The predicted octanol–water partition coefficient (Wildman–Crippen LogP) is 0.0402. The second-order valence-corrected chi connectivity index (χ2v) is 3.00. The first kappa shape index (κ1) is 7.60. The van der Waals surface area contributed by atoms with Crippen LogP contribution in [0, 0.1) is 0 Å². The van der Waals surface area contributed by atoms with Crippen molar-refractivity contribution >= 4 is 0 Å². The zero-order chi connectivity index (χ0) is 8.82. The van der Waals surface area contributed by atoms with E-state index in [0.29, 0.717) is 0 Å². The summed E-state index contributed by atoms with van der Waals surface area (Å²) in [4.78, 5) is 3.69. The minimum atomic E-state index is -2.72. The van der Waals surface area contributed by atoms with E-state index in [1.165, 1.54) is 6.33 Å². The summed E-state index contributed by atoms with van der Waals surface area (Å²) < 4.78 is 25.7. The van der Waals surface area contributed by atoms with Crippen molar-refractivity contribution in [2.75, 3.05) is 6.54 Å². The van der Waals surface area contributed by atoms with Crippen molar-refractivity contribution in [3.8, 4) is 0 Å². The molecule has 1 unspecified atom stereocenters. The Morgan fingerprint density at radius 2 is 2.33 bits per heavy atom. The Bertz CT molecular complexity index is 284. The highest BCUT2D eigenvalue weighted by molar-refractivity contribution is 5.28. The van der Waals surface area contributed by atoms with Crippen LogP contribution in [0.4, 0.5) is 8.78 Å². The van der Waals surface area contributed by atoms with Crippen LogP contribution < -0.4 is 5.73 Å². The van der Waals surface area contributed by atoms with Crippen LogP contribution in [0.2, 0.25) is 0 Å². The fourth-order valence-electron chi connectivity index (χ4n) is 1.35. The highest BCUT2D eigenvalue weighted by atomic mass is 19.3. The maximum atomic E-state index is 12.8. The minimum Gasteiger partial charge on any atom is -0.329 e. The molecule has 1 atom stereocenters. The van der Waals surface area contributed by atoms with Crippen LogP contribution in [0.25, 0.3) is 0 Å². The topological polar surface area (TPSA) is 67.6 Å². The van der Waals surface area contributed by atoms with Crippen LogP contribution in [0.15, 0.2) is 6.33 Å². The summed E-state index contributed by atoms with van der Waals surface area (Å²) >= 11 is 0. The molecule has 0 aliphatic heterocycles. The van der Waals surface area contributed by atoms with Gasteiger partial charge in [-0.2, -0.15) is 5.10 Å². The van der Waals surface area contributed by atoms with Crippen LogP contribution in [0.3, 0.4) is 0 Å². The quantitative estimate of drug-likeness (QED) is 0.665. The lowest BCUT2D eigenvalue weighted by atomic mass is 10.1. The highest BCUT2D eigenvalue weighted by Gasteiger charge is 2.73. The third-order valence-corrected chi connectivity index (χ3v) is 2.32. The van der Waals surface area contributed by atoms with E-state index in [4.69, 9.17) is 5.73 Å². The predicted molar refractivity (Wildman–Crippen MR) is 36.7 cm³/mol. The van der Waals surface area contributed by atoms with Gasteiger partial charge in [-0.1, -0.05) is 0 Å². The number of nitrogens with two attached hydrogens (primary N) is 1. The van der Waals surface area contributed by atoms with Crippen molar-refractivity contribution in [1.29, 1.82) is 0 Å². The molecule has 1 aromatic heterocycles. The van der Waals surface area contributed by atoms with Crippen molar-refractivity contribution in [2.24, 2.45) is 5.73 Å². The van der Waals surface area contributed by atoms with Gasteiger partial charge in [-0.05, 0) is 0 Å². The number of hydrogen-bond acceptors (Lipinski definition) is 3. The Balaban J connectivity index is 2.34. The molecule has 0 aromatic carbocycles. The van der Waals surface area contributed by atoms with E-state index in [0.717, 1.165) is 0 Å². The third-order valence-electron chi connectivity index (χ3n) is 2.32. The van der Waals surface area contributed by atoms with Crippen molar-refractivity contribution in [2.45, 2.75) is 17.8 Å². The Morgan fingerprint density at radius 1 is 1.67 bits per heavy atom. The summed E-state index contributed by atoms with van der Waals surface area (Å²) in [5.74, 6) is -2.53. The summed E-state index contributed by atoms with van der Waals surface area (Å²) in [5, 5.41) is 5.94. The molecule has 0 bridgehead atoms. The molecule has 4 nitrogen and oxygen atoms in total. The largest absolute Gasteiger partial charge is 0.329 e. The molecular formula is C6H8F2N4. The lowest BCUT2D eigenvalue weighted by Gasteiger charge is -2.08. The number of alkyl halides is 2. The van der Waals surface area contributed by atoms with Crippen LogP contribution in [0.5, 0.6) is 0 Å². The molecule has 1 aliphatic carbocycles. The smallest absolute Gasteiger partial charge is 0.263 e. The number of nitrogens with one attached hydrogen (secondary N) is 1. The van der Waals surface area contributed by atoms with Crippen LogP contribution >= 0.6 is 0 Å². The van der Waals surface area contributed by atoms with Gasteiger partial charge in [0.05, 0.1) is 0 Å². The van der Waals surface area contributed by atoms with E-state index in [2.05, 4.69) is 15.2 Å². The Kier molecular flexibility index (Phi) is 1.27. The number of aromatic amines is 1. The van der Waals surface area contributed by atoms with E-state index in [1.54, 1.807) is 0 Å². The molecule has 1 heterocycles. The van der Waals surface area contributed by atoms with Gasteiger partial charge >= 0.3 is 0 Å². The molecule has 6 heteroatoms. The van der Waals surface area contributed by atoms with E-state index < -0.39 is 11.3 Å². The minimum absolute atomic E-state index is 0.102. The number of H-pyrrole nitrogens is 1. The van der Waals surface area contributed by atoms with Gasteiger partial charge in [0.2, 0.25) is 0 Å². The molecule has 12 heavy (non-hydrogen) atoms. The van der Waals surface area contributed by atoms with Gasteiger partial charge in [0, 0.05) is 13.0 Å². The van der Waals surface area contributed by atoms with Gasteiger partial charge < -0.3 is 5.73 Å². The molecule has 2 rings (SSSR count). The van der Waals surface area contributed by atoms with Crippen molar-refractivity contribution < 1.29 is 8.78 Å².